The van der Waals surface area contributed by atoms with Crippen molar-refractivity contribution in [2.24, 2.45) is 5.92 Å². The lowest BCUT2D eigenvalue weighted by Crippen LogP contribution is -2.43. The van der Waals surface area contributed by atoms with Gasteiger partial charge in [-0.15, -0.1) is 24.8 Å². The molecule has 0 aromatic carbocycles. The molecule has 8 heteroatoms. The highest BCUT2D eigenvalue weighted by atomic mass is 35.5. The highest BCUT2D eigenvalue weighted by Gasteiger charge is 2.23. The van der Waals surface area contributed by atoms with E-state index in [1.54, 1.807) is 0 Å². The highest BCUT2D eigenvalue weighted by molar-refractivity contribution is 5.85. The lowest BCUT2D eigenvalue weighted by molar-refractivity contribution is 0.0883. The van der Waals surface area contributed by atoms with E-state index >= 15 is 0 Å². The molecule has 0 unspecified atom stereocenters. The van der Waals surface area contributed by atoms with Crippen LogP contribution >= 0.6 is 24.8 Å². The molecule has 1 aliphatic rings. The van der Waals surface area contributed by atoms with Crippen LogP contribution in [0.1, 0.15) is 17.7 Å². The number of piperidine rings is 1. The van der Waals surface area contributed by atoms with Crippen molar-refractivity contribution in [3.8, 4) is 0 Å². The van der Waals surface area contributed by atoms with Crippen LogP contribution in [0.15, 0.2) is 0 Å². The summed E-state index contributed by atoms with van der Waals surface area (Å²) in [7, 11) is 3.87. The first kappa shape index (κ1) is 21.2. The van der Waals surface area contributed by atoms with Crippen LogP contribution < -0.4 is 15.5 Å². The van der Waals surface area contributed by atoms with E-state index in [1.165, 1.54) is 0 Å². The highest BCUT2D eigenvalue weighted by Crippen LogP contribution is 2.20. The first-order valence-electron chi connectivity index (χ1n) is 7.14. The summed E-state index contributed by atoms with van der Waals surface area (Å²) in [6.07, 6.45) is 0.700. The van der Waals surface area contributed by atoms with Gasteiger partial charge in [0, 0.05) is 44.4 Å². The van der Waals surface area contributed by atoms with Crippen LogP contribution in [0.2, 0.25) is 0 Å². The number of hydrogen-bond donors (Lipinski definition) is 3. The Bertz CT molecular complexity index is 473. The second kappa shape index (κ2) is 9.35. The summed E-state index contributed by atoms with van der Waals surface area (Å²) >= 11 is 0. The third-order valence-corrected chi connectivity index (χ3v) is 3.90. The standard InChI is InChI=1S/C14H25N5O.2ClH/c1-9-10(2)17-14(19(3)4)18-13(9)16-7-11-5-6-15-8-12(11)20;;/h11-12,15,20H,5-8H2,1-4H3,(H,16,17,18);2*1H/t11-,12+;;/m0../s1. The molecule has 6 nitrogen and oxygen atoms in total. The summed E-state index contributed by atoms with van der Waals surface area (Å²) in [5.74, 6) is 1.85. The molecular weight excluding hydrogens is 325 g/mol. The fourth-order valence-corrected chi connectivity index (χ4v) is 2.35. The minimum absolute atomic E-state index is 0. The van der Waals surface area contributed by atoms with Crippen molar-refractivity contribution >= 4 is 36.6 Å². The van der Waals surface area contributed by atoms with Crippen LogP contribution in [0.4, 0.5) is 11.8 Å². The molecule has 3 N–H and O–H groups in total. The molecule has 2 atom stereocenters. The van der Waals surface area contributed by atoms with Gasteiger partial charge in [0.15, 0.2) is 0 Å². The van der Waals surface area contributed by atoms with Gasteiger partial charge in [-0.25, -0.2) is 4.98 Å². The first-order valence-corrected chi connectivity index (χ1v) is 7.14. The van der Waals surface area contributed by atoms with Gasteiger partial charge in [-0.2, -0.15) is 4.98 Å². The molecule has 128 valence electrons. The van der Waals surface area contributed by atoms with Crippen molar-refractivity contribution in [1.82, 2.24) is 15.3 Å². The summed E-state index contributed by atoms with van der Waals surface area (Å²) in [6, 6.07) is 0. The predicted molar refractivity (Wildman–Crippen MR) is 95.8 cm³/mol. The Morgan fingerprint density at radius 1 is 1.27 bits per heavy atom. The summed E-state index contributed by atoms with van der Waals surface area (Å²) in [6.45, 7) is 6.41. The first-order chi connectivity index (χ1) is 9.49. The van der Waals surface area contributed by atoms with Crippen molar-refractivity contribution in [2.75, 3.05) is 43.9 Å². The molecule has 0 bridgehead atoms. The summed E-state index contributed by atoms with van der Waals surface area (Å²) in [5.41, 5.74) is 2.05. The average molecular weight is 352 g/mol. The SMILES string of the molecule is Cc1nc(N(C)C)nc(NC[C@@H]2CCNC[C@H]2O)c1C.Cl.Cl. The van der Waals surface area contributed by atoms with E-state index in [9.17, 15) is 5.11 Å². The number of hydrogen-bond acceptors (Lipinski definition) is 6. The molecule has 0 aliphatic carbocycles. The smallest absolute Gasteiger partial charge is 0.227 e. The molecule has 1 fully saturated rings. The molecule has 1 aliphatic heterocycles. The fraction of sp³-hybridized carbons (Fsp3) is 0.714. The Balaban J connectivity index is 0.00000220. The molecule has 1 saturated heterocycles. The predicted octanol–water partition coefficient (Wildman–Crippen LogP) is 1.39. The van der Waals surface area contributed by atoms with Gasteiger partial charge in [-0.05, 0) is 26.8 Å². The second-order valence-corrected chi connectivity index (χ2v) is 5.68. The van der Waals surface area contributed by atoms with E-state index in [0.717, 1.165) is 36.6 Å². The lowest BCUT2D eigenvalue weighted by atomic mass is 9.95. The molecule has 22 heavy (non-hydrogen) atoms. The van der Waals surface area contributed by atoms with Crippen molar-refractivity contribution in [1.29, 1.82) is 0 Å². The maximum absolute atomic E-state index is 9.97. The lowest BCUT2D eigenvalue weighted by Gasteiger charge is -2.29. The van der Waals surface area contributed by atoms with Gasteiger partial charge in [0.2, 0.25) is 5.95 Å². The molecular formula is C14H27Cl2N5O. The summed E-state index contributed by atoms with van der Waals surface area (Å²) < 4.78 is 0. The molecule has 1 aromatic heterocycles. The van der Waals surface area contributed by atoms with Crippen LogP contribution in [0.5, 0.6) is 0 Å². The normalized spacial score (nSPS) is 20.6. The Labute approximate surface area is 144 Å². The van der Waals surface area contributed by atoms with Crippen LogP contribution in [0.25, 0.3) is 0 Å². The van der Waals surface area contributed by atoms with E-state index in [1.807, 2.05) is 32.8 Å². The van der Waals surface area contributed by atoms with Gasteiger partial charge in [0.25, 0.3) is 0 Å². The fourth-order valence-electron chi connectivity index (χ4n) is 2.35. The number of aromatic nitrogens is 2. The second-order valence-electron chi connectivity index (χ2n) is 5.68. The van der Waals surface area contributed by atoms with Crippen molar-refractivity contribution in [3.05, 3.63) is 11.3 Å². The molecule has 0 saturated carbocycles. The number of aliphatic hydroxyl groups is 1. The zero-order chi connectivity index (χ0) is 14.7. The number of β-amino-alcohol motifs (C(OH)–C–C–N with tert-alkyl or cyclic N) is 1. The maximum atomic E-state index is 9.97. The van der Waals surface area contributed by atoms with E-state index in [0.29, 0.717) is 12.5 Å². The van der Waals surface area contributed by atoms with E-state index in [4.69, 9.17) is 0 Å². The number of rotatable bonds is 4. The van der Waals surface area contributed by atoms with E-state index < -0.39 is 0 Å². The number of aliphatic hydroxyl groups excluding tert-OH is 1. The zero-order valence-electron chi connectivity index (χ0n) is 13.6. The Morgan fingerprint density at radius 2 is 1.95 bits per heavy atom. The number of aryl methyl sites for hydroxylation is 1. The number of nitrogens with zero attached hydrogens (tertiary/aromatic N) is 3. The minimum atomic E-state index is -0.284. The zero-order valence-corrected chi connectivity index (χ0v) is 15.2. The Hall–Kier alpha value is -0.820. The van der Waals surface area contributed by atoms with E-state index in [2.05, 4.69) is 20.6 Å². The van der Waals surface area contributed by atoms with Gasteiger partial charge >= 0.3 is 0 Å². The average Bonchev–Trinajstić information content (AvgIpc) is 2.41. The van der Waals surface area contributed by atoms with Gasteiger partial charge in [-0.3, -0.25) is 0 Å². The van der Waals surface area contributed by atoms with Crippen molar-refractivity contribution in [3.63, 3.8) is 0 Å². The molecule has 0 spiro atoms. The third-order valence-electron chi connectivity index (χ3n) is 3.90. The van der Waals surface area contributed by atoms with Gasteiger partial charge in [0.1, 0.15) is 5.82 Å². The summed E-state index contributed by atoms with van der Waals surface area (Å²) in [4.78, 5) is 10.9. The molecule has 2 heterocycles. The Kier molecular flexibility index (Phi) is 9.00. The van der Waals surface area contributed by atoms with Crippen LogP contribution in [-0.4, -0.2) is 54.9 Å². The molecule has 1 aromatic rings. The van der Waals surface area contributed by atoms with Crippen LogP contribution in [0.3, 0.4) is 0 Å². The largest absolute Gasteiger partial charge is 0.391 e. The third kappa shape index (κ3) is 5.12. The number of anilines is 2. The maximum Gasteiger partial charge on any atom is 0.227 e. The summed E-state index contributed by atoms with van der Waals surface area (Å²) in [5, 5.41) is 16.6. The Morgan fingerprint density at radius 3 is 2.55 bits per heavy atom. The van der Waals surface area contributed by atoms with Crippen LogP contribution in [-0.2, 0) is 0 Å². The number of nitrogens with one attached hydrogen (secondary N) is 2. The monoisotopic (exact) mass is 351 g/mol. The van der Waals surface area contributed by atoms with E-state index in [-0.39, 0.29) is 36.8 Å². The number of halogens is 2. The van der Waals surface area contributed by atoms with Gasteiger partial charge in [0.05, 0.1) is 6.10 Å². The van der Waals surface area contributed by atoms with Gasteiger partial charge in [-0.1, -0.05) is 0 Å². The molecule has 0 amide bonds. The van der Waals surface area contributed by atoms with Crippen molar-refractivity contribution < 1.29 is 5.11 Å². The van der Waals surface area contributed by atoms with Crippen molar-refractivity contribution in [2.45, 2.75) is 26.4 Å². The topological polar surface area (TPSA) is 73.3 Å². The molecule has 0 radical (unpaired) electrons. The molecule has 2 rings (SSSR count). The quantitative estimate of drug-likeness (QED) is 0.761. The minimum Gasteiger partial charge on any atom is -0.391 e. The van der Waals surface area contributed by atoms with Crippen LogP contribution in [0, 0.1) is 19.8 Å². The van der Waals surface area contributed by atoms with Gasteiger partial charge < -0.3 is 20.6 Å².